The standard InChI is InChI=1S/C20H23BrN4O3S/c21-17-8-10-19(11-9-17)29(27,28)25(18-6-2-1-3-7-18)15-20(26)24-23-14-16-5-4-12-22-13-16/h4-5,8-14,18H,1-3,6-7,15H2,(H,24,26)/b23-14-. The number of carbonyl (C=O) groups is 1. The highest BCUT2D eigenvalue weighted by molar-refractivity contribution is 9.10. The molecule has 1 aromatic heterocycles. The molecule has 9 heteroatoms. The van der Waals surface area contributed by atoms with E-state index in [1.165, 1.54) is 10.5 Å². The Morgan fingerprint density at radius 3 is 2.59 bits per heavy atom. The van der Waals surface area contributed by atoms with E-state index in [0.29, 0.717) is 0 Å². The molecule has 7 nitrogen and oxygen atoms in total. The quantitative estimate of drug-likeness (QED) is 0.487. The Balaban J connectivity index is 1.75. The zero-order valence-corrected chi connectivity index (χ0v) is 18.3. The Morgan fingerprint density at radius 1 is 1.21 bits per heavy atom. The number of nitrogens with zero attached hydrogens (tertiary/aromatic N) is 3. The maximum atomic E-state index is 13.3. The molecule has 3 rings (SSSR count). The van der Waals surface area contributed by atoms with Crippen molar-refractivity contribution < 1.29 is 13.2 Å². The lowest BCUT2D eigenvalue weighted by molar-refractivity contribution is -0.121. The normalized spacial score (nSPS) is 15.7. The number of amides is 1. The number of halogens is 1. The fourth-order valence-electron chi connectivity index (χ4n) is 3.33. The number of hydrogen-bond acceptors (Lipinski definition) is 5. The fraction of sp³-hybridized carbons (Fsp3) is 0.350. The number of hydrogen-bond donors (Lipinski definition) is 1. The molecule has 29 heavy (non-hydrogen) atoms. The Kier molecular flexibility index (Phi) is 7.51. The third-order valence-corrected chi connectivity index (χ3v) is 7.23. The molecule has 1 fully saturated rings. The molecule has 1 amide bonds. The van der Waals surface area contributed by atoms with Crippen molar-refractivity contribution in [1.82, 2.24) is 14.7 Å². The number of hydrazone groups is 1. The summed E-state index contributed by atoms with van der Waals surface area (Å²) < 4.78 is 28.6. The summed E-state index contributed by atoms with van der Waals surface area (Å²) in [4.78, 5) is 16.6. The molecule has 1 saturated carbocycles. The first-order valence-electron chi connectivity index (χ1n) is 9.46. The van der Waals surface area contributed by atoms with Crippen LogP contribution in [0.1, 0.15) is 37.7 Å². The second-order valence-electron chi connectivity index (χ2n) is 6.88. The number of pyridine rings is 1. The second kappa shape index (κ2) is 10.1. The molecule has 1 aromatic carbocycles. The van der Waals surface area contributed by atoms with Crippen LogP contribution in [0, 0.1) is 0 Å². The minimum Gasteiger partial charge on any atom is -0.272 e. The molecular weight excluding hydrogens is 456 g/mol. The number of rotatable bonds is 7. The van der Waals surface area contributed by atoms with Crippen LogP contribution >= 0.6 is 15.9 Å². The Morgan fingerprint density at radius 2 is 1.93 bits per heavy atom. The molecule has 0 radical (unpaired) electrons. The van der Waals surface area contributed by atoms with E-state index in [-0.39, 0.29) is 17.5 Å². The van der Waals surface area contributed by atoms with Crippen molar-refractivity contribution in [2.75, 3.05) is 6.54 Å². The predicted molar refractivity (Wildman–Crippen MR) is 115 cm³/mol. The van der Waals surface area contributed by atoms with Gasteiger partial charge in [0.15, 0.2) is 0 Å². The van der Waals surface area contributed by atoms with Crippen LogP contribution in [0.25, 0.3) is 0 Å². The van der Waals surface area contributed by atoms with E-state index in [1.807, 2.05) is 0 Å². The van der Waals surface area contributed by atoms with Gasteiger partial charge in [0.2, 0.25) is 10.0 Å². The maximum absolute atomic E-state index is 13.3. The molecule has 154 valence electrons. The fourth-order valence-corrected chi connectivity index (χ4v) is 5.24. The van der Waals surface area contributed by atoms with Gasteiger partial charge < -0.3 is 0 Å². The number of carbonyl (C=O) groups excluding carboxylic acids is 1. The van der Waals surface area contributed by atoms with E-state index in [9.17, 15) is 13.2 Å². The molecule has 0 unspecified atom stereocenters. The van der Waals surface area contributed by atoms with Crippen LogP contribution in [0.4, 0.5) is 0 Å². The van der Waals surface area contributed by atoms with Gasteiger partial charge in [0, 0.05) is 28.5 Å². The lowest BCUT2D eigenvalue weighted by Crippen LogP contribution is -2.46. The summed E-state index contributed by atoms with van der Waals surface area (Å²) >= 11 is 3.32. The first-order valence-corrected chi connectivity index (χ1v) is 11.7. The maximum Gasteiger partial charge on any atom is 0.255 e. The smallest absolute Gasteiger partial charge is 0.255 e. The van der Waals surface area contributed by atoms with Gasteiger partial charge in [-0.05, 0) is 43.2 Å². The van der Waals surface area contributed by atoms with Crippen LogP contribution in [-0.4, -0.2) is 42.4 Å². The van der Waals surface area contributed by atoms with E-state index in [2.05, 4.69) is 31.4 Å². The zero-order chi connectivity index (χ0) is 20.7. The summed E-state index contributed by atoms with van der Waals surface area (Å²) in [6, 6.07) is 9.84. The van der Waals surface area contributed by atoms with E-state index in [1.54, 1.807) is 48.8 Å². The summed E-state index contributed by atoms with van der Waals surface area (Å²) in [6.07, 6.45) is 9.23. The second-order valence-corrected chi connectivity index (χ2v) is 9.68. The molecule has 0 saturated heterocycles. The molecule has 1 aliphatic rings. The third kappa shape index (κ3) is 5.94. The minimum absolute atomic E-state index is 0.179. The van der Waals surface area contributed by atoms with Crippen LogP contribution in [0.3, 0.4) is 0 Å². The van der Waals surface area contributed by atoms with Gasteiger partial charge in [0.25, 0.3) is 5.91 Å². The van der Waals surface area contributed by atoms with Gasteiger partial charge in [-0.3, -0.25) is 9.78 Å². The van der Waals surface area contributed by atoms with Crippen LogP contribution in [0.2, 0.25) is 0 Å². The topological polar surface area (TPSA) is 91.7 Å². The first kappa shape index (κ1) is 21.6. The van der Waals surface area contributed by atoms with Gasteiger partial charge in [-0.25, -0.2) is 13.8 Å². The van der Waals surface area contributed by atoms with Crippen LogP contribution < -0.4 is 5.43 Å². The highest BCUT2D eigenvalue weighted by atomic mass is 79.9. The summed E-state index contributed by atoms with van der Waals surface area (Å²) in [7, 11) is -3.80. The molecular formula is C20H23BrN4O3S. The van der Waals surface area contributed by atoms with Crippen molar-refractivity contribution in [2.24, 2.45) is 5.10 Å². The van der Waals surface area contributed by atoms with Gasteiger partial charge in [-0.1, -0.05) is 41.3 Å². The highest BCUT2D eigenvalue weighted by Gasteiger charge is 2.33. The minimum atomic E-state index is -3.80. The van der Waals surface area contributed by atoms with Gasteiger partial charge in [-0.15, -0.1) is 0 Å². The van der Waals surface area contributed by atoms with Crippen molar-refractivity contribution in [1.29, 1.82) is 0 Å². The van der Waals surface area contributed by atoms with Crippen molar-refractivity contribution in [2.45, 2.75) is 43.0 Å². The van der Waals surface area contributed by atoms with E-state index in [0.717, 1.165) is 42.1 Å². The largest absolute Gasteiger partial charge is 0.272 e. The number of nitrogens with one attached hydrogen (secondary N) is 1. The van der Waals surface area contributed by atoms with Crippen molar-refractivity contribution in [3.63, 3.8) is 0 Å². The summed E-state index contributed by atoms with van der Waals surface area (Å²) in [5.74, 6) is -0.476. The summed E-state index contributed by atoms with van der Waals surface area (Å²) in [5, 5.41) is 3.91. The van der Waals surface area contributed by atoms with E-state index < -0.39 is 15.9 Å². The molecule has 1 heterocycles. The van der Waals surface area contributed by atoms with Crippen LogP contribution in [0.15, 0.2) is 63.3 Å². The van der Waals surface area contributed by atoms with Crippen LogP contribution in [-0.2, 0) is 14.8 Å². The monoisotopic (exact) mass is 478 g/mol. The average Bonchev–Trinajstić information content (AvgIpc) is 2.73. The van der Waals surface area contributed by atoms with Gasteiger partial charge in [-0.2, -0.15) is 9.41 Å². The molecule has 1 aliphatic carbocycles. The Hall–Kier alpha value is -2.10. The van der Waals surface area contributed by atoms with Gasteiger partial charge in [0.1, 0.15) is 0 Å². The van der Waals surface area contributed by atoms with E-state index in [4.69, 9.17) is 0 Å². The average molecular weight is 479 g/mol. The molecule has 0 aliphatic heterocycles. The third-order valence-electron chi connectivity index (χ3n) is 4.79. The lowest BCUT2D eigenvalue weighted by atomic mass is 9.95. The molecule has 0 bridgehead atoms. The van der Waals surface area contributed by atoms with Crippen molar-refractivity contribution >= 4 is 38.1 Å². The van der Waals surface area contributed by atoms with Gasteiger partial charge in [0.05, 0.1) is 17.7 Å². The number of sulfonamides is 1. The van der Waals surface area contributed by atoms with Crippen molar-refractivity contribution in [3.05, 3.63) is 58.8 Å². The summed E-state index contributed by atoms with van der Waals surface area (Å²) in [5.41, 5.74) is 3.16. The number of benzene rings is 1. The van der Waals surface area contributed by atoms with E-state index >= 15 is 0 Å². The molecule has 1 N–H and O–H groups in total. The molecule has 0 atom stereocenters. The summed E-state index contributed by atoms with van der Waals surface area (Å²) in [6.45, 7) is -0.270. The Bertz CT molecular complexity index is 943. The molecule has 2 aromatic rings. The van der Waals surface area contributed by atoms with Crippen molar-refractivity contribution in [3.8, 4) is 0 Å². The molecule has 0 spiro atoms. The zero-order valence-electron chi connectivity index (χ0n) is 15.9. The predicted octanol–water partition coefficient (Wildman–Crippen LogP) is 3.32. The SMILES string of the molecule is O=C(CN(C1CCCCC1)S(=O)(=O)c1ccc(Br)cc1)N/N=C\c1cccnc1. The lowest BCUT2D eigenvalue weighted by Gasteiger charge is -2.32. The Labute approximate surface area is 179 Å². The highest BCUT2D eigenvalue weighted by Crippen LogP contribution is 2.28. The van der Waals surface area contributed by atoms with Crippen LogP contribution in [0.5, 0.6) is 0 Å². The number of aromatic nitrogens is 1. The van der Waals surface area contributed by atoms with Gasteiger partial charge >= 0.3 is 0 Å². The first-order chi connectivity index (χ1) is 14.0.